The summed E-state index contributed by atoms with van der Waals surface area (Å²) in [5, 5.41) is 3.02. The van der Waals surface area contributed by atoms with Crippen molar-refractivity contribution < 1.29 is 14.4 Å². The number of rotatable bonds is 11. The van der Waals surface area contributed by atoms with E-state index in [9.17, 15) is 14.4 Å². The minimum absolute atomic E-state index is 0.140. The third-order valence-electron chi connectivity index (χ3n) is 9.15. The number of hydrogen-bond donors (Lipinski definition) is 0. The number of unbranched alkanes of at least 4 members (excludes halogenated alkanes) is 1. The molecular weight excluding hydrogens is 596 g/mol. The van der Waals surface area contributed by atoms with Gasteiger partial charge in [-0.3, -0.25) is 14.4 Å². The molecular formula is C41H48N4O3. The van der Waals surface area contributed by atoms with Gasteiger partial charge in [0.25, 0.3) is 11.8 Å². The molecule has 3 amide bonds. The van der Waals surface area contributed by atoms with Crippen LogP contribution in [0.5, 0.6) is 0 Å². The lowest BCUT2D eigenvalue weighted by molar-refractivity contribution is -0.127. The van der Waals surface area contributed by atoms with Crippen molar-refractivity contribution >= 4 is 34.8 Å². The second-order valence-electron chi connectivity index (χ2n) is 12.4. The van der Waals surface area contributed by atoms with Gasteiger partial charge in [-0.25, -0.2) is 10.0 Å². The largest absolute Gasteiger partial charge is 0.309 e. The standard InChI is InChI=1S/C22H28N2O.C19H20N2O2/c1-2-22(25)24(20-11-7-4-8-12-20)21-14-17-23(18-15-21)16-13-19-9-5-3-6-10-19;1-2-3-14-17-18(22)20(15-10-6-4-7-11-15)21(19(17)23)16-12-8-5-9-13-16/h3-12,21H,2,13-18H2,1H3;4-13,17H,2-3,14H2,1H3. The van der Waals surface area contributed by atoms with Gasteiger partial charge in [-0.1, -0.05) is 112 Å². The Hall–Kier alpha value is -4.75. The van der Waals surface area contributed by atoms with Crippen LogP contribution in [0, 0.1) is 5.92 Å². The molecule has 2 heterocycles. The molecule has 0 aromatic heterocycles. The van der Waals surface area contributed by atoms with Crippen molar-refractivity contribution in [3.63, 3.8) is 0 Å². The zero-order valence-corrected chi connectivity index (χ0v) is 28.3. The number of carbonyl (C=O) groups is 3. The zero-order chi connectivity index (χ0) is 33.7. The number of piperidine rings is 1. The van der Waals surface area contributed by atoms with Gasteiger partial charge < -0.3 is 9.80 Å². The summed E-state index contributed by atoms with van der Waals surface area (Å²) in [7, 11) is 0. The first-order chi connectivity index (χ1) is 23.5. The number of likely N-dealkylation sites (tertiary alicyclic amines) is 1. The second kappa shape index (κ2) is 17.4. The number of para-hydroxylation sites is 3. The van der Waals surface area contributed by atoms with Gasteiger partial charge in [-0.05, 0) is 67.6 Å². The van der Waals surface area contributed by atoms with Crippen molar-refractivity contribution in [2.24, 2.45) is 5.92 Å². The summed E-state index contributed by atoms with van der Waals surface area (Å²) in [5.41, 5.74) is 3.87. The number of nitrogens with zero attached hydrogens (tertiary/aromatic N) is 4. The van der Waals surface area contributed by atoms with Crippen molar-refractivity contribution in [1.82, 2.24) is 4.90 Å². The molecule has 7 heteroatoms. The van der Waals surface area contributed by atoms with Gasteiger partial charge in [0.1, 0.15) is 5.92 Å². The van der Waals surface area contributed by atoms with Gasteiger partial charge in [-0.15, -0.1) is 0 Å². The van der Waals surface area contributed by atoms with Crippen molar-refractivity contribution in [2.45, 2.75) is 64.8 Å². The number of hydrazine groups is 1. The van der Waals surface area contributed by atoms with Crippen molar-refractivity contribution in [3.8, 4) is 0 Å². The maximum absolute atomic E-state index is 12.9. The second-order valence-corrected chi connectivity index (χ2v) is 12.4. The van der Waals surface area contributed by atoms with Gasteiger partial charge in [0.2, 0.25) is 5.91 Å². The maximum Gasteiger partial charge on any atom is 0.258 e. The fourth-order valence-corrected chi connectivity index (χ4v) is 6.53. The number of carbonyl (C=O) groups excluding carboxylic acids is 3. The van der Waals surface area contributed by atoms with E-state index in [0.29, 0.717) is 30.3 Å². The Morgan fingerprint density at radius 1 is 0.688 bits per heavy atom. The Morgan fingerprint density at radius 2 is 1.17 bits per heavy atom. The molecule has 250 valence electrons. The predicted octanol–water partition coefficient (Wildman–Crippen LogP) is 7.92. The van der Waals surface area contributed by atoms with Crippen LogP contribution in [0.3, 0.4) is 0 Å². The smallest absolute Gasteiger partial charge is 0.258 e. The predicted molar refractivity (Wildman–Crippen MR) is 195 cm³/mol. The van der Waals surface area contributed by atoms with E-state index >= 15 is 0 Å². The molecule has 2 fully saturated rings. The topological polar surface area (TPSA) is 64.2 Å². The molecule has 2 aliphatic heterocycles. The molecule has 0 aliphatic carbocycles. The van der Waals surface area contributed by atoms with Gasteiger partial charge in [0.05, 0.1) is 11.4 Å². The lowest BCUT2D eigenvalue weighted by atomic mass is 10.0. The summed E-state index contributed by atoms with van der Waals surface area (Å²) < 4.78 is 0. The van der Waals surface area contributed by atoms with Gasteiger partial charge in [-0.2, -0.15) is 0 Å². The summed E-state index contributed by atoms with van der Waals surface area (Å²) in [5.74, 6) is -0.638. The summed E-state index contributed by atoms with van der Waals surface area (Å²) >= 11 is 0. The van der Waals surface area contributed by atoms with E-state index in [0.717, 1.165) is 57.4 Å². The van der Waals surface area contributed by atoms with Crippen LogP contribution in [0.25, 0.3) is 0 Å². The van der Waals surface area contributed by atoms with Crippen LogP contribution in [0.15, 0.2) is 121 Å². The highest BCUT2D eigenvalue weighted by Gasteiger charge is 2.46. The molecule has 0 spiro atoms. The molecule has 0 radical (unpaired) electrons. The summed E-state index contributed by atoms with van der Waals surface area (Å²) in [6, 6.07) is 39.8. The number of amides is 3. The Labute approximate surface area is 285 Å². The average Bonchev–Trinajstić information content (AvgIpc) is 3.40. The first-order valence-electron chi connectivity index (χ1n) is 17.4. The first kappa shape index (κ1) is 34.6. The molecule has 0 unspecified atom stereocenters. The van der Waals surface area contributed by atoms with E-state index in [1.54, 1.807) is 0 Å². The van der Waals surface area contributed by atoms with Gasteiger partial charge in [0.15, 0.2) is 0 Å². The molecule has 0 saturated carbocycles. The van der Waals surface area contributed by atoms with Gasteiger partial charge in [0, 0.05) is 37.8 Å². The number of anilines is 3. The molecule has 48 heavy (non-hydrogen) atoms. The minimum Gasteiger partial charge on any atom is -0.309 e. The third kappa shape index (κ3) is 8.58. The zero-order valence-electron chi connectivity index (χ0n) is 28.3. The molecule has 0 bridgehead atoms. The highest BCUT2D eigenvalue weighted by molar-refractivity contribution is 6.23. The van der Waals surface area contributed by atoms with Crippen LogP contribution in [-0.4, -0.2) is 48.3 Å². The Bertz CT molecular complexity index is 1520. The molecule has 4 aromatic carbocycles. The molecule has 4 aromatic rings. The molecule has 2 saturated heterocycles. The van der Waals surface area contributed by atoms with E-state index in [4.69, 9.17) is 0 Å². The van der Waals surface area contributed by atoms with Crippen LogP contribution in [0.4, 0.5) is 17.1 Å². The van der Waals surface area contributed by atoms with Crippen molar-refractivity contribution in [3.05, 3.63) is 127 Å². The molecule has 0 atom stereocenters. The Kier molecular flexibility index (Phi) is 12.5. The van der Waals surface area contributed by atoms with Crippen LogP contribution in [0.2, 0.25) is 0 Å². The van der Waals surface area contributed by atoms with Crippen LogP contribution in [-0.2, 0) is 20.8 Å². The fraction of sp³-hybridized carbons (Fsp3) is 0.341. The van der Waals surface area contributed by atoms with Crippen molar-refractivity contribution in [2.75, 3.05) is 34.6 Å². The average molecular weight is 645 g/mol. The van der Waals surface area contributed by atoms with Gasteiger partial charge >= 0.3 is 0 Å². The summed E-state index contributed by atoms with van der Waals surface area (Å²) in [6.45, 7) is 7.25. The van der Waals surface area contributed by atoms with E-state index in [-0.39, 0.29) is 17.7 Å². The van der Waals surface area contributed by atoms with Crippen LogP contribution in [0.1, 0.15) is 57.9 Å². The first-order valence-corrected chi connectivity index (χ1v) is 17.4. The molecule has 6 rings (SSSR count). The lowest BCUT2D eigenvalue weighted by Gasteiger charge is -2.38. The number of hydrogen-bond acceptors (Lipinski definition) is 4. The number of benzene rings is 4. The molecule has 0 N–H and O–H groups in total. The molecule has 7 nitrogen and oxygen atoms in total. The minimum atomic E-state index is -0.588. The normalized spacial score (nSPS) is 15.7. The van der Waals surface area contributed by atoms with Crippen LogP contribution >= 0.6 is 0 Å². The van der Waals surface area contributed by atoms with E-state index in [2.05, 4.69) is 54.3 Å². The lowest BCUT2D eigenvalue weighted by Crippen LogP contribution is -2.47. The monoisotopic (exact) mass is 644 g/mol. The highest BCUT2D eigenvalue weighted by Crippen LogP contribution is 2.33. The maximum atomic E-state index is 12.9. The SMILES string of the molecule is CCC(=O)N(c1ccccc1)C1CCN(CCc2ccccc2)CC1.CCCCC1C(=O)N(c2ccccc2)N(c2ccccc2)C1=O. The van der Waals surface area contributed by atoms with E-state index < -0.39 is 5.92 Å². The summed E-state index contributed by atoms with van der Waals surface area (Å²) in [4.78, 5) is 42.8. The Morgan fingerprint density at radius 3 is 1.65 bits per heavy atom. The third-order valence-corrected chi connectivity index (χ3v) is 9.15. The van der Waals surface area contributed by atoms with E-state index in [1.165, 1.54) is 15.6 Å². The molecule has 2 aliphatic rings. The van der Waals surface area contributed by atoms with E-state index in [1.807, 2.05) is 90.7 Å². The van der Waals surface area contributed by atoms with Crippen molar-refractivity contribution in [1.29, 1.82) is 0 Å². The summed E-state index contributed by atoms with van der Waals surface area (Å²) in [6.07, 6.45) is 6.19. The Balaban J connectivity index is 0.000000188. The fourth-order valence-electron chi connectivity index (χ4n) is 6.53. The highest BCUT2D eigenvalue weighted by atomic mass is 16.2. The quantitative estimate of drug-likeness (QED) is 0.156. The van der Waals surface area contributed by atoms with Crippen LogP contribution < -0.4 is 14.9 Å².